The van der Waals surface area contributed by atoms with Crippen molar-refractivity contribution in [2.45, 2.75) is 26.7 Å². The number of hydrogen-bond acceptors (Lipinski definition) is 2. The van der Waals surface area contributed by atoms with Crippen LogP contribution in [0.15, 0.2) is 18.2 Å². The Hall–Kier alpha value is -1.42. The number of nitrogens with one attached hydrogen (secondary N) is 1. The maximum absolute atomic E-state index is 13.7. The van der Waals surface area contributed by atoms with Crippen molar-refractivity contribution in [3.63, 3.8) is 0 Å². The monoisotopic (exact) mass is 253 g/mol. The van der Waals surface area contributed by atoms with Crippen molar-refractivity contribution >= 4 is 5.91 Å². The third-order valence-electron chi connectivity index (χ3n) is 3.10. The smallest absolute Gasteiger partial charge is 0.254 e. The summed E-state index contributed by atoms with van der Waals surface area (Å²) >= 11 is 0. The number of rotatable bonds is 6. The first-order chi connectivity index (χ1) is 8.60. The molecule has 18 heavy (non-hydrogen) atoms. The second-order valence-electron chi connectivity index (χ2n) is 4.43. The van der Waals surface area contributed by atoms with E-state index in [0.29, 0.717) is 18.5 Å². The Kier molecular flexibility index (Phi) is 5.78. The molecule has 1 atom stereocenters. The van der Waals surface area contributed by atoms with Crippen molar-refractivity contribution in [1.82, 2.24) is 5.32 Å². The maximum Gasteiger partial charge on any atom is 0.254 e. The number of amides is 1. The van der Waals surface area contributed by atoms with E-state index in [9.17, 15) is 9.18 Å². The van der Waals surface area contributed by atoms with Crippen LogP contribution in [0.2, 0.25) is 0 Å². The zero-order chi connectivity index (χ0) is 13.5. The first kappa shape index (κ1) is 14.6. The second-order valence-corrected chi connectivity index (χ2v) is 4.43. The minimum atomic E-state index is -0.467. The zero-order valence-corrected chi connectivity index (χ0v) is 10.9. The Balaban J connectivity index is 2.62. The predicted octanol–water partition coefficient (Wildman–Crippen LogP) is 2.27. The van der Waals surface area contributed by atoms with Gasteiger partial charge in [-0.05, 0) is 30.9 Å². The molecule has 0 aliphatic rings. The van der Waals surface area contributed by atoms with Gasteiger partial charge in [-0.25, -0.2) is 4.39 Å². The van der Waals surface area contributed by atoms with E-state index >= 15 is 0 Å². The summed E-state index contributed by atoms with van der Waals surface area (Å²) in [6.45, 7) is 4.20. The van der Waals surface area contributed by atoms with Crippen LogP contribution in [-0.4, -0.2) is 24.2 Å². The van der Waals surface area contributed by atoms with Crippen LogP contribution in [-0.2, 0) is 0 Å². The molecule has 1 aromatic carbocycles. The average Bonchev–Trinajstić information content (AvgIpc) is 2.37. The van der Waals surface area contributed by atoms with Crippen molar-refractivity contribution < 1.29 is 14.3 Å². The molecule has 0 aliphatic carbocycles. The van der Waals surface area contributed by atoms with Gasteiger partial charge in [0.15, 0.2) is 0 Å². The Labute approximate surface area is 107 Å². The van der Waals surface area contributed by atoms with Crippen LogP contribution >= 0.6 is 0 Å². The topological polar surface area (TPSA) is 49.3 Å². The Morgan fingerprint density at radius 3 is 2.83 bits per heavy atom. The highest BCUT2D eigenvalue weighted by molar-refractivity contribution is 5.94. The summed E-state index contributed by atoms with van der Waals surface area (Å²) in [5.41, 5.74) is 0.541. The number of benzene rings is 1. The van der Waals surface area contributed by atoms with E-state index in [1.54, 1.807) is 19.1 Å². The molecule has 0 heterocycles. The number of carbonyl (C=O) groups is 1. The molecule has 0 radical (unpaired) electrons. The molecule has 100 valence electrons. The average molecular weight is 253 g/mol. The minimum absolute atomic E-state index is 0.0776. The van der Waals surface area contributed by atoms with Gasteiger partial charge in [-0.3, -0.25) is 4.79 Å². The lowest BCUT2D eigenvalue weighted by atomic mass is 10.0. The van der Waals surface area contributed by atoms with E-state index in [4.69, 9.17) is 5.11 Å². The minimum Gasteiger partial charge on any atom is -0.396 e. The normalized spacial score (nSPS) is 12.2. The highest BCUT2D eigenvalue weighted by atomic mass is 19.1. The largest absolute Gasteiger partial charge is 0.396 e. The van der Waals surface area contributed by atoms with E-state index in [0.717, 1.165) is 6.42 Å². The van der Waals surface area contributed by atoms with Crippen LogP contribution in [0.4, 0.5) is 4.39 Å². The third-order valence-corrected chi connectivity index (χ3v) is 3.10. The lowest BCUT2D eigenvalue weighted by molar-refractivity contribution is 0.0939. The molecule has 0 saturated carbocycles. The summed E-state index contributed by atoms with van der Waals surface area (Å²) in [5, 5.41) is 11.6. The lowest BCUT2D eigenvalue weighted by Crippen LogP contribution is -2.30. The van der Waals surface area contributed by atoms with Crippen LogP contribution in [0.5, 0.6) is 0 Å². The fourth-order valence-corrected chi connectivity index (χ4v) is 1.79. The molecule has 1 aromatic rings. The van der Waals surface area contributed by atoms with E-state index in [-0.39, 0.29) is 18.1 Å². The molecule has 0 saturated heterocycles. The van der Waals surface area contributed by atoms with Gasteiger partial charge in [0.2, 0.25) is 0 Å². The van der Waals surface area contributed by atoms with Crippen molar-refractivity contribution in [1.29, 1.82) is 0 Å². The second kappa shape index (κ2) is 7.11. The SMILES string of the molecule is CCC(CCO)CNC(=O)c1cccc(C)c1F. The van der Waals surface area contributed by atoms with Crippen LogP contribution in [0, 0.1) is 18.7 Å². The van der Waals surface area contributed by atoms with Gasteiger partial charge in [0.25, 0.3) is 5.91 Å². The van der Waals surface area contributed by atoms with E-state index in [1.165, 1.54) is 6.07 Å². The molecule has 4 heteroatoms. The zero-order valence-electron chi connectivity index (χ0n) is 10.9. The molecule has 2 N–H and O–H groups in total. The molecule has 0 spiro atoms. The van der Waals surface area contributed by atoms with Crippen molar-refractivity contribution in [2.75, 3.05) is 13.2 Å². The van der Waals surface area contributed by atoms with Gasteiger partial charge in [-0.2, -0.15) is 0 Å². The molecule has 1 unspecified atom stereocenters. The molecular formula is C14H20FNO2. The summed E-state index contributed by atoms with van der Waals surface area (Å²) in [4.78, 5) is 11.8. The number of carbonyl (C=O) groups excluding carboxylic acids is 1. The Bertz CT molecular complexity index is 407. The van der Waals surface area contributed by atoms with Gasteiger partial charge in [0.05, 0.1) is 5.56 Å². The van der Waals surface area contributed by atoms with Crippen LogP contribution < -0.4 is 5.32 Å². The van der Waals surface area contributed by atoms with Gasteiger partial charge in [0, 0.05) is 13.2 Å². The molecular weight excluding hydrogens is 233 g/mol. The highest BCUT2D eigenvalue weighted by Crippen LogP contribution is 2.12. The molecule has 0 aliphatic heterocycles. The van der Waals surface area contributed by atoms with E-state index in [2.05, 4.69) is 5.32 Å². The Morgan fingerprint density at radius 1 is 1.50 bits per heavy atom. The van der Waals surface area contributed by atoms with Crippen LogP contribution in [0.25, 0.3) is 0 Å². The summed E-state index contributed by atoms with van der Waals surface area (Å²) < 4.78 is 13.7. The fraction of sp³-hybridized carbons (Fsp3) is 0.500. The number of aliphatic hydroxyl groups is 1. The number of aliphatic hydroxyl groups excluding tert-OH is 1. The molecule has 1 amide bonds. The Morgan fingerprint density at radius 2 is 2.22 bits per heavy atom. The third kappa shape index (κ3) is 3.81. The van der Waals surface area contributed by atoms with Gasteiger partial charge >= 0.3 is 0 Å². The summed E-state index contributed by atoms with van der Waals surface area (Å²) in [7, 11) is 0. The standard InChI is InChI=1S/C14H20FNO2/c1-3-11(7-8-17)9-16-14(18)12-6-4-5-10(2)13(12)15/h4-6,11,17H,3,7-9H2,1-2H3,(H,16,18). The summed E-state index contributed by atoms with van der Waals surface area (Å²) in [5.74, 6) is -0.635. The van der Waals surface area contributed by atoms with E-state index in [1.807, 2.05) is 6.92 Å². The molecule has 0 bridgehead atoms. The van der Waals surface area contributed by atoms with Crippen molar-refractivity contribution in [3.8, 4) is 0 Å². The maximum atomic E-state index is 13.7. The quantitative estimate of drug-likeness (QED) is 0.817. The van der Waals surface area contributed by atoms with Crippen molar-refractivity contribution in [2.24, 2.45) is 5.92 Å². The summed E-state index contributed by atoms with van der Waals surface area (Å²) in [6, 6.07) is 4.77. The molecule has 0 aromatic heterocycles. The lowest BCUT2D eigenvalue weighted by Gasteiger charge is -2.14. The number of hydrogen-bond donors (Lipinski definition) is 2. The number of aryl methyl sites for hydroxylation is 1. The van der Waals surface area contributed by atoms with Gasteiger partial charge < -0.3 is 10.4 Å². The molecule has 0 fully saturated rings. The van der Waals surface area contributed by atoms with E-state index < -0.39 is 11.7 Å². The van der Waals surface area contributed by atoms with Crippen molar-refractivity contribution in [3.05, 3.63) is 35.1 Å². The number of halogens is 1. The van der Waals surface area contributed by atoms with Gasteiger partial charge in [0.1, 0.15) is 5.82 Å². The molecule has 3 nitrogen and oxygen atoms in total. The predicted molar refractivity (Wildman–Crippen MR) is 69.0 cm³/mol. The first-order valence-electron chi connectivity index (χ1n) is 6.24. The van der Waals surface area contributed by atoms with Crippen LogP contribution in [0.1, 0.15) is 35.7 Å². The molecule has 1 rings (SSSR count). The fourth-order valence-electron chi connectivity index (χ4n) is 1.79. The van der Waals surface area contributed by atoms with Gasteiger partial charge in [-0.1, -0.05) is 25.5 Å². The van der Waals surface area contributed by atoms with Gasteiger partial charge in [-0.15, -0.1) is 0 Å². The highest BCUT2D eigenvalue weighted by Gasteiger charge is 2.14. The summed E-state index contributed by atoms with van der Waals surface area (Å²) in [6.07, 6.45) is 1.52. The first-order valence-corrected chi connectivity index (χ1v) is 6.24. The van der Waals surface area contributed by atoms with Crippen LogP contribution in [0.3, 0.4) is 0 Å².